The Labute approximate surface area is 235 Å². The molecule has 7 heteroatoms. The minimum Gasteiger partial charge on any atom is -0.358 e. The molecule has 3 heterocycles. The van der Waals surface area contributed by atoms with E-state index in [2.05, 4.69) is 72.2 Å². The van der Waals surface area contributed by atoms with E-state index in [1.54, 1.807) is 12.1 Å². The lowest BCUT2D eigenvalue weighted by Crippen LogP contribution is -2.25. The topological polar surface area (TPSA) is 56.8 Å². The molecule has 0 amide bonds. The second-order valence-electron chi connectivity index (χ2n) is 9.74. The highest BCUT2D eigenvalue weighted by Gasteiger charge is 2.12. The van der Waals surface area contributed by atoms with E-state index in [9.17, 15) is 4.39 Å². The molecule has 3 rings (SSSR count). The van der Waals surface area contributed by atoms with Gasteiger partial charge in [-0.1, -0.05) is 38.0 Å². The van der Waals surface area contributed by atoms with Gasteiger partial charge in [0.1, 0.15) is 5.69 Å². The number of aromatic amines is 1. The predicted molar refractivity (Wildman–Crippen MR) is 166 cm³/mol. The zero-order chi connectivity index (χ0) is 28.5. The molecular weight excluding hydrogens is 505 g/mol. The fourth-order valence-corrected chi connectivity index (χ4v) is 4.87. The van der Waals surface area contributed by atoms with Crippen molar-refractivity contribution in [2.45, 2.75) is 33.6 Å². The van der Waals surface area contributed by atoms with E-state index in [0.717, 1.165) is 74.1 Å². The number of thiophene rings is 1. The Morgan fingerprint density at radius 2 is 1.95 bits per heavy atom. The van der Waals surface area contributed by atoms with Crippen LogP contribution in [0.4, 0.5) is 4.39 Å². The molecule has 0 spiro atoms. The molecule has 39 heavy (non-hydrogen) atoms. The highest BCUT2D eigenvalue weighted by molar-refractivity contribution is 7.11. The van der Waals surface area contributed by atoms with Crippen LogP contribution in [0.15, 0.2) is 73.2 Å². The lowest BCUT2D eigenvalue weighted by molar-refractivity contribution is 0.400. The third-order valence-electron chi connectivity index (χ3n) is 6.43. The number of nitrogens with one attached hydrogen (secondary N) is 2. The van der Waals surface area contributed by atoms with Crippen LogP contribution >= 0.6 is 11.3 Å². The van der Waals surface area contributed by atoms with Crippen molar-refractivity contribution in [1.82, 2.24) is 25.4 Å². The largest absolute Gasteiger partial charge is 0.358 e. The average Bonchev–Trinajstić information content (AvgIpc) is 3.50. The Morgan fingerprint density at radius 3 is 2.62 bits per heavy atom. The van der Waals surface area contributed by atoms with Gasteiger partial charge in [0, 0.05) is 28.2 Å². The molecule has 3 aromatic rings. The van der Waals surface area contributed by atoms with E-state index in [0.29, 0.717) is 11.4 Å². The zero-order valence-corrected chi connectivity index (χ0v) is 24.4. The van der Waals surface area contributed by atoms with Crippen LogP contribution in [0.2, 0.25) is 0 Å². The maximum atomic E-state index is 13.7. The Morgan fingerprint density at radius 1 is 1.18 bits per heavy atom. The first kappa shape index (κ1) is 29.7. The summed E-state index contributed by atoms with van der Waals surface area (Å²) in [6.45, 7) is 19.3. The number of halogens is 1. The highest BCUT2D eigenvalue weighted by atomic mass is 32.1. The fourth-order valence-electron chi connectivity index (χ4n) is 4.06. The van der Waals surface area contributed by atoms with Gasteiger partial charge in [0.2, 0.25) is 0 Å². The van der Waals surface area contributed by atoms with Gasteiger partial charge in [0.05, 0.1) is 11.0 Å². The maximum absolute atomic E-state index is 13.7. The number of hydrogen-bond acceptors (Lipinski definition) is 5. The summed E-state index contributed by atoms with van der Waals surface area (Å²) in [6, 6.07) is 5.45. The van der Waals surface area contributed by atoms with Gasteiger partial charge >= 0.3 is 0 Å². The van der Waals surface area contributed by atoms with Crippen molar-refractivity contribution in [1.29, 1.82) is 0 Å². The average molecular weight is 544 g/mol. The van der Waals surface area contributed by atoms with Crippen LogP contribution in [0.5, 0.6) is 0 Å². The third-order valence-corrected chi connectivity index (χ3v) is 7.34. The van der Waals surface area contributed by atoms with Gasteiger partial charge in [-0.2, -0.15) is 9.49 Å². The molecule has 0 unspecified atom stereocenters. The van der Waals surface area contributed by atoms with Gasteiger partial charge in [-0.15, -0.1) is 11.3 Å². The Balaban J connectivity index is 1.78. The van der Waals surface area contributed by atoms with E-state index in [4.69, 9.17) is 0 Å². The molecule has 0 radical (unpaired) electrons. The number of aromatic nitrogens is 3. The number of nitrogens with zero attached hydrogens (tertiary/aromatic N) is 3. The van der Waals surface area contributed by atoms with Crippen LogP contribution in [-0.2, 0) is 6.42 Å². The first-order valence-electron chi connectivity index (χ1n) is 12.8. The molecule has 2 N–H and O–H groups in total. The third kappa shape index (κ3) is 8.09. The number of allylic oxidation sites excluding steroid dienone is 7. The number of H-pyrrole nitrogens is 1. The first-order valence-corrected chi connectivity index (χ1v) is 13.7. The number of aryl methyl sites for hydroxylation is 1. The summed E-state index contributed by atoms with van der Waals surface area (Å²) in [5, 5.41) is 12.2. The van der Waals surface area contributed by atoms with Crippen LogP contribution in [-0.4, -0.2) is 40.7 Å². The van der Waals surface area contributed by atoms with E-state index in [1.165, 1.54) is 11.6 Å². The molecule has 0 bridgehead atoms. The van der Waals surface area contributed by atoms with Gasteiger partial charge in [-0.25, -0.2) is 0 Å². The van der Waals surface area contributed by atoms with Gasteiger partial charge < -0.3 is 10.2 Å². The molecule has 0 atom stereocenters. The number of pyridine rings is 1. The molecule has 0 aromatic carbocycles. The Bertz CT molecular complexity index is 1530. The molecule has 0 aliphatic rings. The summed E-state index contributed by atoms with van der Waals surface area (Å²) in [5.41, 5.74) is 7.45. The minimum atomic E-state index is -0.224. The smallest absolute Gasteiger partial charge is 0.176 e. The summed E-state index contributed by atoms with van der Waals surface area (Å²) in [7, 11) is 4.18. The van der Waals surface area contributed by atoms with Crippen molar-refractivity contribution in [3.8, 4) is 0 Å². The number of hydrogen-bond donors (Lipinski definition) is 2. The molecule has 3 aromatic heterocycles. The molecule has 204 valence electrons. The van der Waals surface area contributed by atoms with Crippen LogP contribution in [0.1, 0.15) is 48.9 Å². The van der Waals surface area contributed by atoms with Crippen molar-refractivity contribution in [2.24, 2.45) is 0 Å². The summed E-state index contributed by atoms with van der Waals surface area (Å²) in [6.07, 6.45) is 13.5. The van der Waals surface area contributed by atoms with Crippen molar-refractivity contribution < 1.29 is 4.39 Å². The zero-order valence-electron chi connectivity index (χ0n) is 23.6. The summed E-state index contributed by atoms with van der Waals surface area (Å²) in [4.78, 5) is 7.47. The molecule has 0 saturated heterocycles. The highest BCUT2D eigenvalue weighted by Crippen LogP contribution is 2.30. The summed E-state index contributed by atoms with van der Waals surface area (Å²) in [5.74, 6) is 0. The molecule has 5 nitrogen and oxygen atoms in total. The van der Waals surface area contributed by atoms with Gasteiger partial charge in [-0.3, -0.25) is 10.1 Å². The molecule has 0 aliphatic carbocycles. The Kier molecular flexibility index (Phi) is 10.5. The normalized spacial score (nSPS) is 13.6. The second-order valence-corrected chi connectivity index (χ2v) is 10.8. The SMILES string of the molecule is C=C/C=C(\C(C)=C(/C)NC(=C)c1n[nH]/c(=C/C=C(\C)c2cncc(CCCN(C)C)c2)c1=C)c1ccc(F)s1. The lowest BCUT2D eigenvalue weighted by atomic mass is 10.0. The monoisotopic (exact) mass is 543 g/mol. The van der Waals surface area contributed by atoms with Crippen molar-refractivity contribution >= 4 is 40.8 Å². The first-order chi connectivity index (χ1) is 18.6. The van der Waals surface area contributed by atoms with E-state index in [1.807, 2.05) is 44.5 Å². The van der Waals surface area contributed by atoms with Crippen molar-refractivity contribution in [3.05, 3.63) is 111 Å². The van der Waals surface area contributed by atoms with Gasteiger partial charge in [-0.05, 0) is 106 Å². The fraction of sp³-hybridized carbons (Fsp3) is 0.250. The second kappa shape index (κ2) is 13.8. The molecular formula is C32H38FN5S. The van der Waals surface area contributed by atoms with Crippen LogP contribution < -0.4 is 15.9 Å². The van der Waals surface area contributed by atoms with Crippen LogP contribution in [0.3, 0.4) is 0 Å². The van der Waals surface area contributed by atoms with E-state index < -0.39 is 0 Å². The van der Waals surface area contributed by atoms with Crippen LogP contribution in [0, 0.1) is 5.13 Å². The standard InChI is InChI=1S/C32H38FN5S/c1-9-11-28(30-15-16-31(33)39-30)22(3)24(5)35-25(6)32-23(4)29(36-37-32)14-13-21(2)27-18-26(19-34-20-27)12-10-17-38(7)8/h9,11,13-16,18-20,35-36H,1,4,6,10,12,17H2,2-3,5,7-8H3/b21-13+,24-22+,28-11+,29-14+. The molecule has 0 aliphatic heterocycles. The molecule has 0 saturated carbocycles. The van der Waals surface area contributed by atoms with Crippen LogP contribution in [0.25, 0.3) is 29.5 Å². The van der Waals surface area contributed by atoms with Crippen molar-refractivity contribution in [2.75, 3.05) is 20.6 Å². The minimum absolute atomic E-state index is 0.224. The van der Waals surface area contributed by atoms with E-state index >= 15 is 0 Å². The quantitative estimate of drug-likeness (QED) is 0.279. The summed E-state index contributed by atoms with van der Waals surface area (Å²) < 4.78 is 13.7. The maximum Gasteiger partial charge on any atom is 0.176 e. The van der Waals surface area contributed by atoms with Crippen molar-refractivity contribution in [3.63, 3.8) is 0 Å². The Hall–Kier alpha value is -3.81. The summed E-state index contributed by atoms with van der Waals surface area (Å²) >= 11 is 1.10. The van der Waals surface area contributed by atoms with Gasteiger partial charge in [0.25, 0.3) is 0 Å². The lowest BCUT2D eigenvalue weighted by Gasteiger charge is -2.14. The number of rotatable bonds is 12. The molecule has 0 fully saturated rings. The van der Waals surface area contributed by atoms with E-state index in [-0.39, 0.29) is 5.13 Å². The van der Waals surface area contributed by atoms with Gasteiger partial charge in [0.15, 0.2) is 5.13 Å². The predicted octanol–water partition coefficient (Wildman–Crippen LogP) is 5.92.